The maximum absolute atomic E-state index is 14.5. The number of halogens is 2. The number of thiazole rings is 1. The van der Waals surface area contributed by atoms with Gasteiger partial charge in [-0.2, -0.15) is 0 Å². The summed E-state index contributed by atoms with van der Waals surface area (Å²) in [6, 6.07) is 9.51. The van der Waals surface area contributed by atoms with Crippen LogP contribution in [0.2, 0.25) is 0 Å². The number of aliphatic carboxylic acids is 1. The van der Waals surface area contributed by atoms with E-state index >= 15 is 0 Å². The van der Waals surface area contributed by atoms with Crippen LogP contribution in [0.4, 0.5) is 13.9 Å². The van der Waals surface area contributed by atoms with Crippen molar-refractivity contribution < 1.29 is 33.0 Å². The lowest BCUT2D eigenvalue weighted by Crippen LogP contribution is -2.13. The summed E-state index contributed by atoms with van der Waals surface area (Å²) in [5, 5.41) is 12.2. The molecule has 0 unspecified atom stereocenters. The fourth-order valence-corrected chi connectivity index (χ4v) is 4.28. The summed E-state index contributed by atoms with van der Waals surface area (Å²) < 4.78 is 39.9. The standard InChI is InChI=1S/C27H28F2N2O5S/c1-4-10-36-11-6-8-17-7-5-9-18(13-17)23-26(35-3)37-27(30-23)31-24(32)19-14-21(28)20(22(29)15-19)12-16(2)25(33)34/h5,7,9,12-15H,4,6,8,10-11H2,1-3H3,(H,33,34)(H,30,31,32). The Labute approximate surface area is 217 Å². The number of carbonyl (C=O) groups excluding carboxylic acids is 1. The van der Waals surface area contributed by atoms with Gasteiger partial charge in [-0.15, -0.1) is 0 Å². The normalized spacial score (nSPS) is 11.4. The van der Waals surface area contributed by atoms with Crippen molar-refractivity contribution in [3.8, 4) is 16.3 Å². The highest BCUT2D eigenvalue weighted by Crippen LogP contribution is 2.38. The van der Waals surface area contributed by atoms with E-state index in [1.807, 2.05) is 24.3 Å². The van der Waals surface area contributed by atoms with E-state index in [4.69, 9.17) is 14.6 Å². The van der Waals surface area contributed by atoms with Gasteiger partial charge in [-0.1, -0.05) is 36.5 Å². The van der Waals surface area contributed by atoms with Gasteiger partial charge in [-0.25, -0.2) is 18.6 Å². The van der Waals surface area contributed by atoms with E-state index in [-0.39, 0.29) is 16.3 Å². The number of aryl methyl sites for hydroxylation is 1. The molecule has 0 bridgehead atoms. The molecule has 1 aromatic heterocycles. The number of hydrogen-bond donors (Lipinski definition) is 2. The third-order valence-electron chi connectivity index (χ3n) is 5.34. The minimum atomic E-state index is -1.30. The van der Waals surface area contributed by atoms with Crippen LogP contribution in [0.3, 0.4) is 0 Å². The fourth-order valence-electron chi connectivity index (χ4n) is 3.48. The number of nitrogens with one attached hydrogen (secondary N) is 1. The molecular weight excluding hydrogens is 502 g/mol. The van der Waals surface area contributed by atoms with Crippen LogP contribution in [-0.4, -0.2) is 42.3 Å². The molecule has 0 spiro atoms. The molecule has 0 atom stereocenters. The SMILES string of the molecule is CCCOCCCc1cccc(-c2nc(NC(=O)c3cc(F)c(C=C(C)C(=O)O)c(F)c3)sc2OC)c1. The smallest absolute Gasteiger partial charge is 0.331 e. The summed E-state index contributed by atoms with van der Waals surface area (Å²) in [6.07, 6.45) is 3.58. The number of anilines is 1. The van der Waals surface area contributed by atoms with Gasteiger partial charge in [0.05, 0.1) is 7.11 Å². The number of ether oxygens (including phenoxy) is 2. The zero-order chi connectivity index (χ0) is 26.9. The molecule has 0 fully saturated rings. The number of methoxy groups -OCH3 is 1. The molecule has 3 rings (SSSR count). The molecule has 1 amide bonds. The molecule has 0 saturated heterocycles. The lowest BCUT2D eigenvalue weighted by Gasteiger charge is -2.06. The lowest BCUT2D eigenvalue weighted by atomic mass is 10.1. The van der Waals surface area contributed by atoms with Crippen LogP contribution in [-0.2, 0) is 16.0 Å². The van der Waals surface area contributed by atoms with Crippen molar-refractivity contribution >= 4 is 34.4 Å². The second kappa shape index (κ2) is 13.1. The van der Waals surface area contributed by atoms with Gasteiger partial charge in [0.25, 0.3) is 5.91 Å². The highest BCUT2D eigenvalue weighted by Gasteiger charge is 2.19. The summed E-state index contributed by atoms with van der Waals surface area (Å²) in [6.45, 7) is 4.71. The first-order chi connectivity index (χ1) is 17.7. The molecule has 3 aromatic rings. The van der Waals surface area contributed by atoms with E-state index in [9.17, 15) is 18.4 Å². The van der Waals surface area contributed by atoms with E-state index in [2.05, 4.69) is 17.2 Å². The van der Waals surface area contributed by atoms with Gasteiger partial charge in [-0.3, -0.25) is 10.1 Å². The molecule has 0 saturated carbocycles. The average molecular weight is 531 g/mol. The lowest BCUT2D eigenvalue weighted by molar-refractivity contribution is -0.132. The zero-order valence-corrected chi connectivity index (χ0v) is 21.6. The maximum atomic E-state index is 14.5. The molecule has 37 heavy (non-hydrogen) atoms. The highest BCUT2D eigenvalue weighted by molar-refractivity contribution is 7.18. The monoisotopic (exact) mass is 530 g/mol. The number of carbonyl (C=O) groups is 2. The van der Waals surface area contributed by atoms with E-state index in [0.717, 1.165) is 66.5 Å². The second-order valence-electron chi connectivity index (χ2n) is 8.22. The Bertz CT molecular complexity index is 1280. The van der Waals surface area contributed by atoms with Crippen molar-refractivity contribution in [2.75, 3.05) is 25.6 Å². The van der Waals surface area contributed by atoms with E-state index < -0.39 is 29.1 Å². The van der Waals surface area contributed by atoms with E-state index in [1.54, 1.807) is 0 Å². The molecular formula is C27H28F2N2O5S. The first kappa shape index (κ1) is 27.9. The van der Waals surface area contributed by atoms with Gasteiger partial charge >= 0.3 is 5.97 Å². The Balaban J connectivity index is 1.77. The molecule has 2 N–H and O–H groups in total. The molecule has 10 heteroatoms. The van der Waals surface area contributed by atoms with Crippen LogP contribution in [0.25, 0.3) is 17.3 Å². The van der Waals surface area contributed by atoms with Crippen molar-refractivity contribution in [2.45, 2.75) is 33.1 Å². The number of carboxylic acid groups (broad SMARTS) is 1. The van der Waals surface area contributed by atoms with Gasteiger partial charge in [0.2, 0.25) is 5.06 Å². The predicted octanol–water partition coefficient (Wildman–Crippen LogP) is 6.20. The highest BCUT2D eigenvalue weighted by atomic mass is 32.1. The summed E-state index contributed by atoms with van der Waals surface area (Å²) >= 11 is 1.09. The minimum Gasteiger partial charge on any atom is -0.486 e. The molecule has 0 aliphatic rings. The Morgan fingerprint density at radius 3 is 2.54 bits per heavy atom. The first-order valence-electron chi connectivity index (χ1n) is 11.7. The summed E-state index contributed by atoms with van der Waals surface area (Å²) in [7, 11) is 1.49. The predicted molar refractivity (Wildman–Crippen MR) is 139 cm³/mol. The van der Waals surface area contributed by atoms with Crippen LogP contribution in [0.1, 0.15) is 48.2 Å². The maximum Gasteiger partial charge on any atom is 0.331 e. The molecule has 0 aliphatic heterocycles. The van der Waals surface area contributed by atoms with Gasteiger partial charge in [0.1, 0.15) is 17.3 Å². The van der Waals surface area contributed by atoms with Gasteiger partial charge < -0.3 is 14.6 Å². The summed E-state index contributed by atoms with van der Waals surface area (Å²) in [5.74, 6) is -4.19. The summed E-state index contributed by atoms with van der Waals surface area (Å²) in [4.78, 5) is 28.2. The number of benzene rings is 2. The molecule has 1 heterocycles. The van der Waals surface area contributed by atoms with Crippen LogP contribution < -0.4 is 10.1 Å². The molecule has 0 aliphatic carbocycles. The number of carboxylic acids is 1. The number of amides is 1. The number of nitrogens with zero attached hydrogens (tertiary/aromatic N) is 1. The van der Waals surface area contributed by atoms with Crippen LogP contribution >= 0.6 is 11.3 Å². The number of rotatable bonds is 12. The third-order valence-corrected chi connectivity index (χ3v) is 6.28. The topological polar surface area (TPSA) is 97.8 Å². The van der Waals surface area contributed by atoms with Crippen molar-refractivity contribution in [2.24, 2.45) is 0 Å². The largest absolute Gasteiger partial charge is 0.486 e. The van der Waals surface area contributed by atoms with Crippen molar-refractivity contribution in [3.63, 3.8) is 0 Å². The second-order valence-corrected chi connectivity index (χ2v) is 9.18. The Kier molecular flexibility index (Phi) is 9.87. The van der Waals surface area contributed by atoms with Gasteiger partial charge in [0.15, 0.2) is 5.13 Å². The number of hydrogen-bond acceptors (Lipinski definition) is 6. The van der Waals surface area contributed by atoms with E-state index in [1.165, 1.54) is 14.0 Å². The third kappa shape index (κ3) is 7.43. The van der Waals surface area contributed by atoms with Crippen LogP contribution in [0.15, 0.2) is 42.0 Å². The van der Waals surface area contributed by atoms with Crippen LogP contribution in [0.5, 0.6) is 5.06 Å². The average Bonchev–Trinajstić information content (AvgIpc) is 3.28. The Morgan fingerprint density at radius 2 is 1.89 bits per heavy atom. The molecule has 2 aromatic carbocycles. The van der Waals surface area contributed by atoms with Crippen molar-refractivity contribution in [1.82, 2.24) is 4.98 Å². The Morgan fingerprint density at radius 1 is 1.16 bits per heavy atom. The van der Waals surface area contributed by atoms with Crippen molar-refractivity contribution in [1.29, 1.82) is 0 Å². The minimum absolute atomic E-state index is 0.196. The number of aromatic nitrogens is 1. The molecule has 196 valence electrons. The molecule has 0 radical (unpaired) electrons. The van der Waals surface area contributed by atoms with Gasteiger partial charge in [-0.05, 0) is 56.0 Å². The first-order valence-corrected chi connectivity index (χ1v) is 12.5. The van der Waals surface area contributed by atoms with Crippen molar-refractivity contribution in [3.05, 3.63) is 70.3 Å². The van der Waals surface area contributed by atoms with Crippen LogP contribution in [0, 0.1) is 11.6 Å². The quantitative estimate of drug-likeness (QED) is 0.214. The zero-order valence-electron chi connectivity index (χ0n) is 20.8. The van der Waals surface area contributed by atoms with Gasteiger partial charge in [0, 0.05) is 35.5 Å². The fraction of sp³-hybridized carbons (Fsp3) is 0.296. The summed E-state index contributed by atoms with van der Waals surface area (Å²) in [5.41, 5.74) is 1.40. The molecule has 7 nitrogen and oxygen atoms in total. The van der Waals surface area contributed by atoms with E-state index in [0.29, 0.717) is 17.4 Å². The Hall–Kier alpha value is -3.63.